The van der Waals surface area contributed by atoms with Gasteiger partial charge in [-0.2, -0.15) is 0 Å². The molecule has 3 rings (SSSR count). The third-order valence-corrected chi connectivity index (χ3v) is 3.16. The summed E-state index contributed by atoms with van der Waals surface area (Å²) in [6, 6.07) is 3.90. The maximum absolute atomic E-state index is 12.3. The number of fused-ring (bicyclic) bond motifs is 1. The van der Waals surface area contributed by atoms with Crippen LogP contribution >= 0.6 is 0 Å². The lowest BCUT2D eigenvalue weighted by Gasteiger charge is -2.30. The third kappa shape index (κ3) is 1.95. The van der Waals surface area contributed by atoms with Crippen molar-refractivity contribution < 1.29 is 4.79 Å². The second-order valence-electron chi connectivity index (χ2n) is 4.75. The molecule has 1 aliphatic rings. The van der Waals surface area contributed by atoms with Gasteiger partial charge in [-0.25, -0.2) is 4.68 Å². The van der Waals surface area contributed by atoms with Gasteiger partial charge in [0.1, 0.15) is 5.56 Å². The Morgan fingerprint density at radius 2 is 2.26 bits per heavy atom. The van der Waals surface area contributed by atoms with Gasteiger partial charge in [0, 0.05) is 18.4 Å². The van der Waals surface area contributed by atoms with Gasteiger partial charge in [-0.05, 0) is 26.0 Å². The molecule has 3 heterocycles. The van der Waals surface area contributed by atoms with E-state index in [-0.39, 0.29) is 11.9 Å². The first kappa shape index (κ1) is 11.7. The number of carbonyl (C=O) groups is 1. The fourth-order valence-electron chi connectivity index (χ4n) is 2.09. The predicted molar refractivity (Wildman–Crippen MR) is 71.2 cm³/mol. The molecule has 0 radical (unpaired) electrons. The topological polar surface area (TPSA) is 63.1 Å². The van der Waals surface area contributed by atoms with Crippen LogP contribution < -0.4 is 5.32 Å². The van der Waals surface area contributed by atoms with E-state index in [4.69, 9.17) is 0 Å². The highest BCUT2D eigenvalue weighted by Crippen LogP contribution is 2.23. The van der Waals surface area contributed by atoms with Crippen molar-refractivity contribution in [2.24, 2.45) is 0 Å². The van der Waals surface area contributed by atoms with E-state index >= 15 is 0 Å². The average Bonchev–Trinajstić information content (AvgIpc) is 2.85. The smallest absolute Gasteiger partial charge is 0.260 e. The van der Waals surface area contributed by atoms with E-state index in [0.717, 1.165) is 5.69 Å². The molecule has 98 valence electrons. The number of hydrogen-bond donors (Lipinski definition) is 1. The maximum atomic E-state index is 12.3. The van der Waals surface area contributed by atoms with Crippen LogP contribution in [-0.4, -0.2) is 38.3 Å². The van der Waals surface area contributed by atoms with Crippen molar-refractivity contribution in [1.82, 2.24) is 19.7 Å². The Morgan fingerprint density at radius 1 is 1.42 bits per heavy atom. The minimum Gasteiger partial charge on any atom is -0.350 e. The lowest BCUT2D eigenvalue weighted by atomic mass is 10.2. The molecule has 0 aromatic carbocycles. The summed E-state index contributed by atoms with van der Waals surface area (Å²) in [5.74, 6) is 0.643. The number of rotatable bonds is 2. The lowest BCUT2D eigenvalue weighted by Crippen LogP contribution is -2.43. The lowest BCUT2D eigenvalue weighted by molar-refractivity contribution is 0.0710. The highest BCUT2D eigenvalue weighted by molar-refractivity contribution is 6.00. The van der Waals surface area contributed by atoms with Gasteiger partial charge in [-0.1, -0.05) is 0 Å². The summed E-state index contributed by atoms with van der Waals surface area (Å²) >= 11 is 0. The minimum atomic E-state index is 0.0129. The molecule has 0 atom stereocenters. The summed E-state index contributed by atoms with van der Waals surface area (Å²) in [4.78, 5) is 18.1. The van der Waals surface area contributed by atoms with Crippen LogP contribution in [0, 0.1) is 0 Å². The number of amides is 1. The summed E-state index contributed by atoms with van der Waals surface area (Å²) in [5, 5.41) is 7.55. The van der Waals surface area contributed by atoms with Crippen LogP contribution in [0.2, 0.25) is 0 Å². The molecule has 2 aromatic heterocycles. The molecule has 0 fully saturated rings. The Morgan fingerprint density at radius 3 is 2.95 bits per heavy atom. The van der Waals surface area contributed by atoms with Crippen LogP contribution in [0.1, 0.15) is 24.2 Å². The van der Waals surface area contributed by atoms with Crippen LogP contribution in [0.4, 0.5) is 5.82 Å². The van der Waals surface area contributed by atoms with Gasteiger partial charge >= 0.3 is 0 Å². The number of nitrogens with zero attached hydrogens (tertiary/aromatic N) is 4. The maximum Gasteiger partial charge on any atom is 0.260 e. The summed E-state index contributed by atoms with van der Waals surface area (Å²) < 4.78 is 1.67. The molecular formula is C13H15N5O. The molecule has 6 heteroatoms. The molecule has 1 N–H and O–H groups in total. The summed E-state index contributed by atoms with van der Waals surface area (Å²) in [7, 11) is 0. The summed E-state index contributed by atoms with van der Waals surface area (Å²) in [6.45, 7) is 4.49. The molecule has 6 nitrogen and oxygen atoms in total. The van der Waals surface area contributed by atoms with Crippen LogP contribution in [0.25, 0.3) is 5.69 Å². The first-order chi connectivity index (χ1) is 9.16. The van der Waals surface area contributed by atoms with Gasteiger partial charge in [-0.15, -0.1) is 5.10 Å². The largest absolute Gasteiger partial charge is 0.350 e. The monoisotopic (exact) mass is 257 g/mol. The van der Waals surface area contributed by atoms with Crippen LogP contribution in [0.15, 0.2) is 30.7 Å². The fraction of sp³-hybridized carbons (Fsp3) is 0.308. The van der Waals surface area contributed by atoms with E-state index in [2.05, 4.69) is 15.4 Å². The highest BCUT2D eigenvalue weighted by Gasteiger charge is 2.28. The molecular weight excluding hydrogens is 242 g/mol. The van der Waals surface area contributed by atoms with Crippen molar-refractivity contribution in [2.75, 3.05) is 12.0 Å². The quantitative estimate of drug-likeness (QED) is 0.885. The first-order valence-corrected chi connectivity index (χ1v) is 6.21. The molecule has 19 heavy (non-hydrogen) atoms. The van der Waals surface area contributed by atoms with E-state index in [0.29, 0.717) is 18.1 Å². The van der Waals surface area contributed by atoms with E-state index in [1.807, 2.05) is 26.0 Å². The van der Waals surface area contributed by atoms with E-state index in [1.54, 1.807) is 28.2 Å². The predicted octanol–water partition coefficient (Wildman–Crippen LogP) is 1.50. The van der Waals surface area contributed by atoms with Gasteiger partial charge in [0.25, 0.3) is 5.91 Å². The van der Waals surface area contributed by atoms with E-state index < -0.39 is 0 Å². The molecule has 1 aliphatic heterocycles. The number of pyridine rings is 1. The van der Waals surface area contributed by atoms with Crippen molar-refractivity contribution in [3.05, 3.63) is 36.3 Å². The van der Waals surface area contributed by atoms with Crippen molar-refractivity contribution in [3.8, 4) is 5.69 Å². The number of hydrogen-bond acceptors (Lipinski definition) is 4. The molecule has 0 bridgehead atoms. The zero-order valence-corrected chi connectivity index (χ0v) is 10.9. The molecule has 0 aliphatic carbocycles. The Kier molecular flexibility index (Phi) is 2.70. The first-order valence-electron chi connectivity index (χ1n) is 6.21. The number of carbonyl (C=O) groups excluding carboxylic acids is 1. The van der Waals surface area contributed by atoms with Gasteiger partial charge < -0.3 is 10.2 Å². The van der Waals surface area contributed by atoms with Gasteiger partial charge in [0.2, 0.25) is 0 Å². The Balaban J connectivity index is 1.99. The van der Waals surface area contributed by atoms with E-state index in [1.165, 1.54) is 0 Å². The zero-order chi connectivity index (χ0) is 13.4. The standard InChI is InChI=1S/C13H15N5O/c1-9(2)17-8-15-12-11(13(17)19)7-18(16-12)10-4-3-5-14-6-10/h3-7,9H,8H2,1-2H3,(H,15,16). The third-order valence-electron chi connectivity index (χ3n) is 3.16. The van der Waals surface area contributed by atoms with Crippen LogP contribution in [-0.2, 0) is 0 Å². The van der Waals surface area contributed by atoms with Crippen molar-refractivity contribution >= 4 is 11.7 Å². The number of anilines is 1. The van der Waals surface area contributed by atoms with Crippen LogP contribution in [0.5, 0.6) is 0 Å². The Labute approximate surface area is 111 Å². The summed E-state index contributed by atoms with van der Waals surface area (Å²) in [6.07, 6.45) is 5.16. The fourth-order valence-corrected chi connectivity index (χ4v) is 2.09. The van der Waals surface area contributed by atoms with E-state index in [9.17, 15) is 4.79 Å². The molecule has 0 spiro atoms. The molecule has 0 saturated heterocycles. The Bertz CT molecular complexity index is 605. The van der Waals surface area contributed by atoms with Crippen LogP contribution in [0.3, 0.4) is 0 Å². The van der Waals surface area contributed by atoms with Crippen molar-refractivity contribution in [2.45, 2.75) is 19.9 Å². The molecule has 0 unspecified atom stereocenters. The molecule has 2 aromatic rings. The number of nitrogens with one attached hydrogen (secondary N) is 1. The number of aromatic nitrogens is 3. The summed E-state index contributed by atoms with van der Waals surface area (Å²) in [5.41, 5.74) is 1.44. The Hall–Kier alpha value is -2.37. The minimum absolute atomic E-state index is 0.0129. The van der Waals surface area contributed by atoms with Crippen molar-refractivity contribution in [3.63, 3.8) is 0 Å². The average molecular weight is 257 g/mol. The second kappa shape index (κ2) is 4.38. The molecule has 0 saturated carbocycles. The van der Waals surface area contributed by atoms with Crippen molar-refractivity contribution in [1.29, 1.82) is 0 Å². The highest BCUT2D eigenvalue weighted by atomic mass is 16.2. The molecule has 1 amide bonds. The van der Waals surface area contributed by atoms with Gasteiger partial charge in [-0.3, -0.25) is 9.78 Å². The zero-order valence-electron chi connectivity index (χ0n) is 10.9. The SMILES string of the molecule is CC(C)N1CNc2nn(-c3cccnc3)cc2C1=O. The van der Waals surface area contributed by atoms with Gasteiger partial charge in [0.05, 0.1) is 18.6 Å². The normalized spacial score (nSPS) is 14.5. The van der Waals surface area contributed by atoms with Gasteiger partial charge in [0.15, 0.2) is 5.82 Å². The second-order valence-corrected chi connectivity index (χ2v) is 4.75.